The summed E-state index contributed by atoms with van der Waals surface area (Å²) >= 11 is 0. The number of benzene rings is 1. The lowest BCUT2D eigenvalue weighted by atomic mass is 9.88. The van der Waals surface area contributed by atoms with Crippen LogP contribution in [0.4, 0.5) is 0 Å². The molecule has 0 bridgehead atoms. The molecule has 4 nitrogen and oxygen atoms in total. The van der Waals surface area contributed by atoms with E-state index in [4.69, 9.17) is 5.11 Å². The van der Waals surface area contributed by atoms with Gasteiger partial charge in [0.1, 0.15) is 0 Å². The summed E-state index contributed by atoms with van der Waals surface area (Å²) in [4.78, 5) is 11.1. The number of nitrogens with one attached hydrogen (secondary N) is 1. The maximum Gasteiger partial charge on any atom is 0.309 e. The van der Waals surface area contributed by atoms with Crippen LogP contribution in [-0.4, -0.2) is 21.3 Å². The van der Waals surface area contributed by atoms with Crippen LogP contribution < -0.4 is 0 Å². The topological polar surface area (TPSA) is 66.0 Å². The van der Waals surface area contributed by atoms with Crippen molar-refractivity contribution in [1.82, 2.24) is 10.2 Å². The number of carboxylic acid groups (broad SMARTS) is 1. The normalized spacial score (nSPS) is 11.4. The van der Waals surface area contributed by atoms with Gasteiger partial charge in [0.05, 0.1) is 11.1 Å². The summed E-state index contributed by atoms with van der Waals surface area (Å²) in [5, 5.41) is 16.2. The molecule has 2 aromatic rings. The second kappa shape index (κ2) is 4.64. The number of carbonyl (C=O) groups is 1. The number of carboxylic acids is 1. The average molecular weight is 244 g/mol. The minimum absolute atomic E-state index is 0.433. The predicted molar refractivity (Wildman–Crippen MR) is 69.1 cm³/mol. The van der Waals surface area contributed by atoms with Gasteiger partial charge in [-0.3, -0.25) is 9.89 Å². The largest absolute Gasteiger partial charge is 0.481 e. The van der Waals surface area contributed by atoms with Crippen LogP contribution in [0.25, 0.3) is 11.3 Å². The van der Waals surface area contributed by atoms with Crippen molar-refractivity contribution in [1.29, 1.82) is 0 Å². The van der Waals surface area contributed by atoms with E-state index < -0.39 is 11.4 Å². The fourth-order valence-corrected chi connectivity index (χ4v) is 1.76. The van der Waals surface area contributed by atoms with Crippen LogP contribution in [0.1, 0.15) is 19.5 Å². The maximum absolute atomic E-state index is 11.1. The van der Waals surface area contributed by atoms with E-state index in [1.165, 1.54) is 0 Å². The molecule has 0 saturated carbocycles. The standard InChI is InChI=1S/C14H16N2O2/c1-14(2,13(17)18)9-11-8-12(16-15-11)10-6-4-3-5-7-10/h3-8H,9H2,1-2H3,(H,15,16)(H,17,18). The Balaban J connectivity index is 2.19. The van der Waals surface area contributed by atoms with E-state index >= 15 is 0 Å². The number of aliphatic carboxylic acids is 1. The fraction of sp³-hybridized carbons (Fsp3) is 0.286. The summed E-state index contributed by atoms with van der Waals surface area (Å²) in [5.74, 6) is -0.807. The molecule has 1 heterocycles. The van der Waals surface area contributed by atoms with Crippen molar-refractivity contribution < 1.29 is 9.90 Å². The predicted octanol–water partition coefficient (Wildman–Crippen LogP) is 2.73. The van der Waals surface area contributed by atoms with E-state index in [0.29, 0.717) is 6.42 Å². The van der Waals surface area contributed by atoms with Crippen molar-refractivity contribution in [2.45, 2.75) is 20.3 Å². The number of aromatic nitrogens is 2. The van der Waals surface area contributed by atoms with Gasteiger partial charge < -0.3 is 5.11 Å². The van der Waals surface area contributed by atoms with Gasteiger partial charge in [-0.2, -0.15) is 5.10 Å². The molecule has 0 aliphatic rings. The molecule has 0 atom stereocenters. The highest BCUT2D eigenvalue weighted by atomic mass is 16.4. The number of hydrogen-bond acceptors (Lipinski definition) is 2. The first-order chi connectivity index (χ1) is 8.49. The number of rotatable bonds is 4. The Labute approximate surface area is 106 Å². The molecule has 2 N–H and O–H groups in total. The zero-order chi connectivity index (χ0) is 13.2. The van der Waals surface area contributed by atoms with E-state index in [0.717, 1.165) is 17.0 Å². The zero-order valence-electron chi connectivity index (χ0n) is 10.5. The second-order valence-electron chi connectivity index (χ2n) is 5.01. The summed E-state index contributed by atoms with van der Waals surface area (Å²) in [7, 11) is 0. The molecule has 0 saturated heterocycles. The first kappa shape index (κ1) is 12.4. The van der Waals surface area contributed by atoms with Crippen molar-refractivity contribution in [3.63, 3.8) is 0 Å². The van der Waals surface area contributed by atoms with Gasteiger partial charge in [-0.15, -0.1) is 0 Å². The quantitative estimate of drug-likeness (QED) is 0.869. The molecule has 0 amide bonds. The molecule has 1 aromatic carbocycles. The van der Waals surface area contributed by atoms with Gasteiger partial charge in [-0.25, -0.2) is 0 Å². The minimum atomic E-state index is -0.807. The lowest BCUT2D eigenvalue weighted by molar-refractivity contribution is -0.146. The van der Waals surface area contributed by atoms with E-state index in [1.807, 2.05) is 36.4 Å². The Bertz CT molecular complexity index is 544. The molecule has 94 valence electrons. The summed E-state index contributed by atoms with van der Waals surface area (Å²) < 4.78 is 0. The number of hydrogen-bond donors (Lipinski definition) is 2. The van der Waals surface area contributed by atoms with E-state index in [9.17, 15) is 4.79 Å². The first-order valence-electron chi connectivity index (χ1n) is 5.82. The van der Waals surface area contributed by atoms with Gasteiger partial charge in [0.15, 0.2) is 0 Å². The summed E-state index contributed by atoms with van der Waals surface area (Å²) in [6.45, 7) is 3.41. The van der Waals surface area contributed by atoms with Gasteiger partial charge >= 0.3 is 5.97 Å². The molecule has 1 aromatic heterocycles. The summed E-state index contributed by atoms with van der Waals surface area (Å²) in [6, 6.07) is 11.7. The number of aromatic amines is 1. The molecule has 0 unspecified atom stereocenters. The van der Waals surface area contributed by atoms with Crippen LogP contribution in [0.5, 0.6) is 0 Å². The van der Waals surface area contributed by atoms with Crippen LogP contribution in [-0.2, 0) is 11.2 Å². The SMILES string of the molecule is CC(C)(Cc1cc(-c2ccccc2)n[nH]1)C(=O)O. The molecular formula is C14H16N2O2. The van der Waals surface area contributed by atoms with Crippen molar-refractivity contribution >= 4 is 5.97 Å². The lowest BCUT2D eigenvalue weighted by Gasteiger charge is -2.17. The van der Waals surface area contributed by atoms with Gasteiger partial charge in [0.2, 0.25) is 0 Å². The smallest absolute Gasteiger partial charge is 0.309 e. The molecule has 18 heavy (non-hydrogen) atoms. The molecule has 0 aliphatic heterocycles. The Morgan fingerprint density at radius 3 is 2.61 bits per heavy atom. The highest BCUT2D eigenvalue weighted by Gasteiger charge is 2.28. The average Bonchev–Trinajstić information content (AvgIpc) is 2.78. The second-order valence-corrected chi connectivity index (χ2v) is 5.01. The highest BCUT2D eigenvalue weighted by molar-refractivity contribution is 5.74. The van der Waals surface area contributed by atoms with E-state index in [1.54, 1.807) is 13.8 Å². The highest BCUT2D eigenvalue weighted by Crippen LogP contribution is 2.24. The van der Waals surface area contributed by atoms with Gasteiger partial charge in [-0.1, -0.05) is 30.3 Å². The zero-order valence-corrected chi connectivity index (χ0v) is 10.5. The van der Waals surface area contributed by atoms with Crippen LogP contribution in [0.2, 0.25) is 0 Å². The number of nitrogens with zero attached hydrogens (tertiary/aromatic N) is 1. The molecule has 0 radical (unpaired) electrons. The van der Waals surface area contributed by atoms with Crippen molar-refractivity contribution in [3.8, 4) is 11.3 Å². The third kappa shape index (κ3) is 2.59. The fourth-order valence-electron chi connectivity index (χ4n) is 1.76. The molecule has 0 aliphatic carbocycles. The van der Waals surface area contributed by atoms with Gasteiger partial charge in [0.25, 0.3) is 0 Å². The molecule has 4 heteroatoms. The van der Waals surface area contributed by atoms with E-state index in [2.05, 4.69) is 10.2 Å². The minimum Gasteiger partial charge on any atom is -0.481 e. The molecule has 2 rings (SSSR count). The Morgan fingerprint density at radius 1 is 1.33 bits per heavy atom. The van der Waals surface area contributed by atoms with Crippen LogP contribution in [0.3, 0.4) is 0 Å². The Hall–Kier alpha value is -2.10. The maximum atomic E-state index is 11.1. The van der Waals surface area contributed by atoms with Crippen LogP contribution in [0.15, 0.2) is 36.4 Å². The van der Waals surface area contributed by atoms with Crippen LogP contribution in [0, 0.1) is 5.41 Å². The van der Waals surface area contributed by atoms with Gasteiger partial charge in [-0.05, 0) is 19.9 Å². The molecule has 0 fully saturated rings. The van der Waals surface area contributed by atoms with Crippen molar-refractivity contribution in [2.24, 2.45) is 5.41 Å². The molecular weight excluding hydrogens is 228 g/mol. The van der Waals surface area contributed by atoms with E-state index in [-0.39, 0.29) is 0 Å². The molecule has 0 spiro atoms. The summed E-state index contributed by atoms with van der Waals surface area (Å²) in [6.07, 6.45) is 0.433. The van der Waals surface area contributed by atoms with Crippen molar-refractivity contribution in [2.75, 3.05) is 0 Å². The Kier molecular flexibility index (Phi) is 3.19. The van der Waals surface area contributed by atoms with Crippen LogP contribution >= 0.6 is 0 Å². The monoisotopic (exact) mass is 244 g/mol. The Morgan fingerprint density at radius 2 is 2.00 bits per heavy atom. The summed E-state index contributed by atoms with van der Waals surface area (Å²) in [5.41, 5.74) is 1.90. The van der Waals surface area contributed by atoms with Crippen molar-refractivity contribution in [3.05, 3.63) is 42.1 Å². The van der Waals surface area contributed by atoms with Gasteiger partial charge in [0, 0.05) is 17.7 Å². The third-order valence-corrected chi connectivity index (χ3v) is 2.91. The lowest BCUT2D eigenvalue weighted by Crippen LogP contribution is -2.26. The first-order valence-corrected chi connectivity index (χ1v) is 5.82. The number of H-pyrrole nitrogens is 1. The third-order valence-electron chi connectivity index (χ3n) is 2.91.